The Labute approximate surface area is 316 Å². The number of nitrogens with one attached hydrogen (secondary N) is 1. The van der Waals surface area contributed by atoms with E-state index in [9.17, 15) is 36.3 Å². The van der Waals surface area contributed by atoms with Gasteiger partial charge in [0.25, 0.3) is 0 Å². The highest BCUT2D eigenvalue weighted by Crippen LogP contribution is 2.43. The Balaban J connectivity index is 0.000000876. The molecule has 3 atom stereocenters. The third kappa shape index (κ3) is 9.75. The van der Waals surface area contributed by atoms with Crippen molar-refractivity contribution in [3.63, 3.8) is 0 Å². The molecule has 2 unspecified atom stereocenters. The number of aliphatic carboxylic acids is 2. The van der Waals surface area contributed by atoms with Crippen LogP contribution in [0, 0.1) is 5.92 Å². The second kappa shape index (κ2) is 17.3. The number of hydrogen-bond donors (Lipinski definition) is 4. The molecule has 1 aliphatic rings. The molecule has 0 aliphatic carbocycles. The number of hydrogen-bond acceptors (Lipinski definition) is 10. The number of benzene rings is 3. The van der Waals surface area contributed by atoms with E-state index in [0.29, 0.717) is 35.2 Å². The van der Waals surface area contributed by atoms with Crippen LogP contribution in [0.3, 0.4) is 0 Å². The van der Waals surface area contributed by atoms with E-state index < -0.39 is 57.1 Å². The molecule has 17 heteroatoms. The van der Waals surface area contributed by atoms with Gasteiger partial charge >= 0.3 is 18.1 Å². The van der Waals surface area contributed by atoms with E-state index in [4.69, 9.17) is 25.1 Å². The lowest BCUT2D eigenvalue weighted by molar-refractivity contribution is -0.192. The predicted octanol–water partition coefficient (Wildman–Crippen LogP) is 6.65. The number of rotatable bonds is 12. The van der Waals surface area contributed by atoms with Crippen LogP contribution in [0.1, 0.15) is 64.3 Å². The number of nitrogen functional groups attached to an aromatic ring is 1. The van der Waals surface area contributed by atoms with Gasteiger partial charge in [-0.3, -0.25) is 9.59 Å². The fourth-order valence-corrected chi connectivity index (χ4v) is 7.45. The zero-order valence-electron chi connectivity index (χ0n) is 30.7. The largest absolute Gasteiger partial charge is 0.490 e. The number of fused-ring (bicyclic) bond motifs is 1. The number of likely N-dealkylation sites (tertiary alicyclic amines) is 1. The Morgan fingerprint density at radius 3 is 2.27 bits per heavy atom. The first-order chi connectivity index (χ1) is 25.8. The number of nitrogens with zero attached hydrogens (tertiary/aromatic N) is 2. The zero-order valence-corrected chi connectivity index (χ0v) is 31.5. The number of sulfone groups is 1. The SMILES string of the molecule is CCOc1cc([C@@H](Nc2ccc3c(N)nccc3c2)C(=O)N2CCC(C(=O)O)C2c2ccccc2S(=O)(=O)C(C)C)ccc1OC(C)C.O=C(O)C(F)(F)F. The summed E-state index contributed by atoms with van der Waals surface area (Å²) >= 11 is 0. The van der Waals surface area contributed by atoms with Crippen molar-refractivity contribution in [2.75, 3.05) is 24.2 Å². The summed E-state index contributed by atoms with van der Waals surface area (Å²) in [6.45, 7) is 9.29. The lowest BCUT2D eigenvalue weighted by Gasteiger charge is -2.33. The van der Waals surface area contributed by atoms with E-state index in [1.807, 2.05) is 39.0 Å². The quantitative estimate of drug-likeness (QED) is 0.119. The smallest absolute Gasteiger partial charge is 0.490 e. The first-order valence-corrected chi connectivity index (χ1v) is 18.8. The Bertz CT molecular complexity index is 2150. The van der Waals surface area contributed by atoms with Gasteiger partial charge in [-0.2, -0.15) is 13.2 Å². The second-order valence-electron chi connectivity index (χ2n) is 13.2. The number of carbonyl (C=O) groups excluding carboxylic acids is 1. The first-order valence-electron chi connectivity index (χ1n) is 17.3. The molecule has 1 aliphatic heterocycles. The Hall–Kier alpha value is -5.58. The third-order valence-electron chi connectivity index (χ3n) is 8.72. The van der Waals surface area contributed by atoms with Gasteiger partial charge in [0.05, 0.1) is 34.8 Å². The number of aromatic nitrogens is 1. The Morgan fingerprint density at radius 1 is 1.00 bits per heavy atom. The predicted molar refractivity (Wildman–Crippen MR) is 199 cm³/mol. The summed E-state index contributed by atoms with van der Waals surface area (Å²) in [6, 6.07) is 16.9. The maximum absolute atomic E-state index is 14.9. The van der Waals surface area contributed by atoms with Gasteiger partial charge < -0.3 is 35.6 Å². The summed E-state index contributed by atoms with van der Waals surface area (Å²) < 4.78 is 70.6. The summed E-state index contributed by atoms with van der Waals surface area (Å²) in [7, 11) is -3.81. The van der Waals surface area contributed by atoms with Crippen molar-refractivity contribution in [3.8, 4) is 11.5 Å². The number of pyridine rings is 1. The minimum absolute atomic E-state index is 0.0232. The standard InChI is InChI=1S/C36H42N4O7S.C2HF3O2/c1-6-46-30-20-24(11-14-29(30)47-21(2)3)32(39-25-12-13-26-23(19-25)15-17-38-34(26)37)35(41)40-18-16-28(36(42)43)33(40)27-9-7-8-10-31(27)48(44,45)22(4)5;3-2(4,5)1(6)7/h7-15,17,19-22,28,32-33,39H,6,16,18H2,1-5H3,(H2,37,38)(H,42,43);(H,6,7)/t28?,32-,33?;/m1./s1. The van der Waals surface area contributed by atoms with E-state index in [2.05, 4.69) is 10.3 Å². The number of nitrogens with two attached hydrogens (primary N) is 1. The van der Waals surface area contributed by atoms with Crippen LogP contribution >= 0.6 is 0 Å². The summed E-state index contributed by atoms with van der Waals surface area (Å²) in [5.41, 5.74) is 7.53. The molecular weight excluding hydrogens is 745 g/mol. The number of halogens is 3. The lowest BCUT2D eigenvalue weighted by Crippen LogP contribution is -2.40. The highest BCUT2D eigenvalue weighted by molar-refractivity contribution is 7.92. The number of carboxylic acids is 2. The molecule has 1 aromatic heterocycles. The Kier molecular flexibility index (Phi) is 13.2. The number of anilines is 2. The minimum atomic E-state index is -5.08. The van der Waals surface area contributed by atoms with E-state index in [1.54, 1.807) is 62.5 Å². The lowest BCUT2D eigenvalue weighted by atomic mass is 9.93. The first kappa shape index (κ1) is 42.2. The summed E-state index contributed by atoms with van der Waals surface area (Å²) in [5.74, 6) is -3.95. The van der Waals surface area contributed by atoms with Crippen molar-refractivity contribution in [2.24, 2.45) is 5.92 Å². The number of alkyl halides is 3. The molecule has 5 rings (SSSR count). The van der Waals surface area contributed by atoms with Crippen molar-refractivity contribution in [1.82, 2.24) is 9.88 Å². The molecular formula is C38H43F3N4O9S. The van der Waals surface area contributed by atoms with Gasteiger partial charge in [0.15, 0.2) is 21.3 Å². The molecule has 4 aromatic rings. The molecule has 0 bridgehead atoms. The molecule has 2 heterocycles. The van der Waals surface area contributed by atoms with E-state index in [1.165, 1.54) is 11.0 Å². The van der Waals surface area contributed by atoms with Gasteiger partial charge in [-0.15, -0.1) is 0 Å². The second-order valence-corrected chi connectivity index (χ2v) is 15.6. The molecule has 1 saturated heterocycles. The van der Waals surface area contributed by atoms with Crippen LogP contribution in [-0.2, 0) is 24.2 Å². The van der Waals surface area contributed by atoms with E-state index in [0.717, 1.165) is 10.8 Å². The van der Waals surface area contributed by atoms with Crippen molar-refractivity contribution < 1.29 is 55.7 Å². The Morgan fingerprint density at radius 2 is 1.67 bits per heavy atom. The number of carbonyl (C=O) groups is 3. The fourth-order valence-electron chi connectivity index (χ4n) is 6.16. The molecule has 5 N–H and O–H groups in total. The molecule has 0 spiro atoms. The van der Waals surface area contributed by atoms with Gasteiger partial charge in [0, 0.05) is 23.8 Å². The number of carboxylic acid groups (broad SMARTS) is 2. The molecule has 0 radical (unpaired) electrons. The van der Waals surface area contributed by atoms with Crippen LogP contribution in [0.4, 0.5) is 24.7 Å². The molecule has 55 heavy (non-hydrogen) atoms. The van der Waals surface area contributed by atoms with Crippen molar-refractivity contribution >= 4 is 50.0 Å². The van der Waals surface area contributed by atoms with Gasteiger partial charge in [-0.05, 0) is 100 Å². The summed E-state index contributed by atoms with van der Waals surface area (Å²) in [4.78, 5) is 42.1. The zero-order chi connectivity index (χ0) is 40.8. The van der Waals surface area contributed by atoms with Crippen LogP contribution < -0.4 is 20.5 Å². The molecule has 13 nitrogen and oxygen atoms in total. The maximum atomic E-state index is 14.9. The van der Waals surface area contributed by atoms with Crippen LogP contribution in [0.15, 0.2) is 77.8 Å². The van der Waals surface area contributed by atoms with Gasteiger partial charge in [0.1, 0.15) is 11.9 Å². The van der Waals surface area contributed by atoms with E-state index in [-0.39, 0.29) is 29.5 Å². The monoisotopic (exact) mass is 788 g/mol. The topological polar surface area (TPSA) is 198 Å². The van der Waals surface area contributed by atoms with Crippen LogP contribution in [0.25, 0.3) is 10.8 Å². The number of ether oxygens (including phenoxy) is 2. The van der Waals surface area contributed by atoms with Gasteiger partial charge in [0.2, 0.25) is 5.91 Å². The highest BCUT2D eigenvalue weighted by atomic mass is 32.2. The highest BCUT2D eigenvalue weighted by Gasteiger charge is 2.46. The molecule has 1 fully saturated rings. The van der Waals surface area contributed by atoms with Crippen molar-refractivity contribution in [3.05, 3.63) is 84.1 Å². The maximum Gasteiger partial charge on any atom is 0.490 e. The van der Waals surface area contributed by atoms with Gasteiger partial charge in [-0.25, -0.2) is 18.2 Å². The van der Waals surface area contributed by atoms with Crippen molar-refractivity contribution in [2.45, 2.75) is 75.5 Å². The summed E-state index contributed by atoms with van der Waals surface area (Å²) in [5, 5.41) is 21.6. The van der Waals surface area contributed by atoms with Crippen LogP contribution in [-0.4, -0.2) is 77.0 Å². The molecule has 296 valence electrons. The third-order valence-corrected chi connectivity index (χ3v) is 10.9. The fraction of sp³-hybridized carbons (Fsp3) is 0.368. The van der Waals surface area contributed by atoms with E-state index >= 15 is 0 Å². The summed E-state index contributed by atoms with van der Waals surface area (Å²) in [6.07, 6.45) is -3.44. The van der Waals surface area contributed by atoms with Crippen LogP contribution in [0.5, 0.6) is 11.5 Å². The molecule has 3 aromatic carbocycles. The van der Waals surface area contributed by atoms with Gasteiger partial charge in [-0.1, -0.05) is 24.3 Å². The minimum Gasteiger partial charge on any atom is -0.490 e. The average molecular weight is 789 g/mol. The van der Waals surface area contributed by atoms with Crippen LogP contribution in [0.2, 0.25) is 0 Å². The number of amides is 1. The molecule has 1 amide bonds. The normalized spacial score (nSPS) is 16.4. The average Bonchev–Trinajstić information content (AvgIpc) is 3.57. The van der Waals surface area contributed by atoms with Crippen molar-refractivity contribution in [1.29, 1.82) is 0 Å². The molecule has 0 saturated carbocycles.